The molecule has 0 saturated carbocycles. The van der Waals surface area contributed by atoms with Crippen LogP contribution in [0.2, 0.25) is 5.02 Å². The predicted molar refractivity (Wildman–Crippen MR) is 93.1 cm³/mol. The largest absolute Gasteiger partial charge is 0.439 e. The number of aromatic amines is 1. The molecular weight excluding hydrogens is 342 g/mol. The lowest BCUT2D eigenvalue weighted by Gasteiger charge is -2.22. The van der Waals surface area contributed by atoms with Gasteiger partial charge in [0.15, 0.2) is 0 Å². The molecule has 0 radical (unpaired) electrons. The van der Waals surface area contributed by atoms with E-state index in [-0.39, 0.29) is 11.8 Å². The Labute approximate surface area is 148 Å². The molecule has 0 fully saturated rings. The number of aromatic nitrogens is 4. The number of carbonyl (C=O) groups is 1. The second kappa shape index (κ2) is 5.93. The average molecular weight is 358 g/mol. The molecule has 8 heteroatoms. The molecule has 7 nitrogen and oxygen atoms in total. The lowest BCUT2D eigenvalue weighted by atomic mass is 9.87. The molecule has 25 heavy (non-hydrogen) atoms. The number of benzene rings is 1. The molecule has 1 atom stereocenters. The van der Waals surface area contributed by atoms with Crippen molar-refractivity contribution >= 4 is 23.3 Å². The van der Waals surface area contributed by atoms with Crippen molar-refractivity contribution in [3.8, 4) is 11.6 Å². The maximum absolute atomic E-state index is 12.1. The van der Waals surface area contributed by atoms with Gasteiger partial charge in [0.2, 0.25) is 11.8 Å². The molecule has 1 aliphatic heterocycles. The number of aryl methyl sites for hydroxylation is 2. The minimum Gasteiger partial charge on any atom is -0.439 e. The Kier molecular flexibility index (Phi) is 3.73. The van der Waals surface area contributed by atoms with Gasteiger partial charge in [-0.15, -0.1) is 0 Å². The van der Waals surface area contributed by atoms with Crippen molar-refractivity contribution in [3.63, 3.8) is 0 Å². The quantitative estimate of drug-likeness (QED) is 0.752. The first-order chi connectivity index (χ1) is 12.0. The van der Waals surface area contributed by atoms with Crippen LogP contribution in [0.15, 0.2) is 30.5 Å². The van der Waals surface area contributed by atoms with Gasteiger partial charge in [0, 0.05) is 35.5 Å². The number of nitrogens with zero attached hydrogens (tertiary/aromatic N) is 3. The van der Waals surface area contributed by atoms with Gasteiger partial charge < -0.3 is 10.1 Å². The lowest BCUT2D eigenvalue weighted by Crippen LogP contribution is -2.23. The number of rotatable bonds is 3. The van der Waals surface area contributed by atoms with E-state index in [0.29, 0.717) is 28.9 Å². The summed E-state index contributed by atoms with van der Waals surface area (Å²) in [6.45, 7) is 1.91. The van der Waals surface area contributed by atoms with E-state index in [1.54, 1.807) is 35.1 Å². The van der Waals surface area contributed by atoms with Crippen LogP contribution < -0.4 is 10.1 Å². The molecular formula is C17H16ClN5O2. The summed E-state index contributed by atoms with van der Waals surface area (Å²) in [5.41, 5.74) is 2.63. The number of nitrogens with one attached hydrogen (secondary N) is 2. The first kappa shape index (κ1) is 15.7. The van der Waals surface area contributed by atoms with Crippen LogP contribution in [-0.2, 0) is 11.8 Å². The van der Waals surface area contributed by atoms with Crippen molar-refractivity contribution in [3.05, 3.63) is 52.3 Å². The third-order valence-electron chi connectivity index (χ3n) is 4.29. The SMILES string of the molecule is Cc1nn(C)c(Oc2ccc(Cl)cc2)c1[C@H]1CC(=O)Nc2[nH]ncc21. The number of H-pyrrole nitrogens is 1. The third-order valence-corrected chi connectivity index (χ3v) is 4.54. The van der Waals surface area contributed by atoms with Gasteiger partial charge in [-0.3, -0.25) is 9.89 Å². The number of fused-ring (bicyclic) bond motifs is 1. The van der Waals surface area contributed by atoms with Gasteiger partial charge >= 0.3 is 0 Å². The Morgan fingerprint density at radius 1 is 1.32 bits per heavy atom. The summed E-state index contributed by atoms with van der Waals surface area (Å²) in [5.74, 6) is 1.65. The molecule has 2 N–H and O–H groups in total. The van der Waals surface area contributed by atoms with Crippen LogP contribution in [0.3, 0.4) is 0 Å². The number of amides is 1. The molecule has 0 unspecified atom stereocenters. The van der Waals surface area contributed by atoms with E-state index in [9.17, 15) is 4.79 Å². The van der Waals surface area contributed by atoms with Crippen LogP contribution in [0.4, 0.5) is 5.82 Å². The fraction of sp³-hybridized carbons (Fsp3) is 0.235. The lowest BCUT2D eigenvalue weighted by molar-refractivity contribution is -0.116. The highest BCUT2D eigenvalue weighted by molar-refractivity contribution is 6.30. The summed E-state index contributed by atoms with van der Waals surface area (Å²) in [4.78, 5) is 12.1. The molecule has 128 valence electrons. The molecule has 1 aliphatic rings. The first-order valence-electron chi connectivity index (χ1n) is 7.83. The summed E-state index contributed by atoms with van der Waals surface area (Å²) in [5, 5.41) is 14.8. The summed E-state index contributed by atoms with van der Waals surface area (Å²) >= 11 is 5.93. The zero-order chi connectivity index (χ0) is 17.6. The molecule has 0 saturated heterocycles. The fourth-order valence-corrected chi connectivity index (χ4v) is 3.32. The first-order valence-corrected chi connectivity index (χ1v) is 8.20. The third kappa shape index (κ3) is 2.76. The van der Waals surface area contributed by atoms with Crippen molar-refractivity contribution < 1.29 is 9.53 Å². The van der Waals surface area contributed by atoms with Crippen molar-refractivity contribution in [2.45, 2.75) is 19.3 Å². The predicted octanol–water partition coefficient (Wildman–Crippen LogP) is 3.37. The van der Waals surface area contributed by atoms with Crippen molar-refractivity contribution in [2.24, 2.45) is 7.05 Å². The molecule has 4 rings (SSSR count). The van der Waals surface area contributed by atoms with Gasteiger partial charge in [0.05, 0.1) is 11.9 Å². The molecule has 1 amide bonds. The van der Waals surface area contributed by atoms with Crippen molar-refractivity contribution in [1.82, 2.24) is 20.0 Å². The molecule has 0 aliphatic carbocycles. The smallest absolute Gasteiger partial charge is 0.226 e. The monoisotopic (exact) mass is 357 g/mol. The van der Waals surface area contributed by atoms with Crippen LogP contribution in [0.25, 0.3) is 0 Å². The van der Waals surface area contributed by atoms with Crippen molar-refractivity contribution in [2.75, 3.05) is 5.32 Å². The van der Waals surface area contributed by atoms with Gasteiger partial charge in [0.25, 0.3) is 0 Å². The highest BCUT2D eigenvalue weighted by Crippen LogP contribution is 2.42. The highest BCUT2D eigenvalue weighted by Gasteiger charge is 2.33. The van der Waals surface area contributed by atoms with E-state index in [0.717, 1.165) is 16.8 Å². The summed E-state index contributed by atoms with van der Waals surface area (Å²) in [6.07, 6.45) is 2.05. The second-order valence-corrected chi connectivity index (χ2v) is 6.43. The van der Waals surface area contributed by atoms with Gasteiger partial charge in [-0.25, -0.2) is 4.68 Å². The van der Waals surface area contributed by atoms with Crippen molar-refractivity contribution in [1.29, 1.82) is 0 Å². The van der Waals surface area contributed by atoms with E-state index < -0.39 is 0 Å². The maximum Gasteiger partial charge on any atom is 0.226 e. The Balaban J connectivity index is 1.78. The molecule has 0 spiro atoms. The van der Waals surface area contributed by atoms with Crippen LogP contribution in [0, 0.1) is 6.92 Å². The Morgan fingerprint density at radius 3 is 2.84 bits per heavy atom. The van der Waals surface area contributed by atoms with Crippen LogP contribution in [0.1, 0.15) is 29.2 Å². The number of ether oxygens (including phenoxy) is 1. The van der Waals surface area contributed by atoms with Crippen LogP contribution >= 0.6 is 11.6 Å². The van der Waals surface area contributed by atoms with Gasteiger partial charge in [0.1, 0.15) is 11.6 Å². The van der Waals surface area contributed by atoms with E-state index in [1.807, 2.05) is 14.0 Å². The molecule has 3 heterocycles. The average Bonchev–Trinajstić information content (AvgIpc) is 3.13. The van der Waals surface area contributed by atoms with Crippen LogP contribution in [0.5, 0.6) is 11.6 Å². The molecule has 2 aromatic heterocycles. The number of halogens is 1. The zero-order valence-electron chi connectivity index (χ0n) is 13.7. The summed E-state index contributed by atoms with van der Waals surface area (Å²) < 4.78 is 7.76. The van der Waals surface area contributed by atoms with Gasteiger partial charge in [-0.2, -0.15) is 10.2 Å². The molecule has 1 aromatic carbocycles. The Morgan fingerprint density at radius 2 is 2.08 bits per heavy atom. The Bertz CT molecular complexity index is 945. The molecule has 3 aromatic rings. The number of carbonyl (C=O) groups excluding carboxylic acids is 1. The van der Waals surface area contributed by atoms with Crippen LogP contribution in [-0.4, -0.2) is 25.9 Å². The number of anilines is 1. The summed E-state index contributed by atoms with van der Waals surface area (Å²) in [6, 6.07) is 7.13. The van der Waals surface area contributed by atoms with E-state index in [1.165, 1.54) is 0 Å². The van der Waals surface area contributed by atoms with Gasteiger partial charge in [-0.05, 0) is 31.2 Å². The Hall–Kier alpha value is -2.80. The summed E-state index contributed by atoms with van der Waals surface area (Å²) in [7, 11) is 1.82. The standard InChI is InChI=1S/C17H16ClN5O2/c1-9-15(12-7-14(24)20-16-13(12)8-19-21-16)17(23(2)22-9)25-11-5-3-10(18)4-6-11/h3-6,8,12H,7H2,1-2H3,(H2,19,20,21,24)/t12-/m0/s1. The number of hydrogen-bond acceptors (Lipinski definition) is 4. The van der Waals surface area contributed by atoms with E-state index in [2.05, 4.69) is 20.6 Å². The zero-order valence-corrected chi connectivity index (χ0v) is 14.5. The topological polar surface area (TPSA) is 84.8 Å². The normalized spacial score (nSPS) is 16.4. The number of hydrogen-bond donors (Lipinski definition) is 2. The minimum absolute atomic E-state index is 0.0672. The second-order valence-electron chi connectivity index (χ2n) is 5.99. The maximum atomic E-state index is 12.1. The van der Waals surface area contributed by atoms with E-state index in [4.69, 9.17) is 16.3 Å². The van der Waals surface area contributed by atoms with Gasteiger partial charge in [-0.1, -0.05) is 11.6 Å². The van der Waals surface area contributed by atoms with E-state index >= 15 is 0 Å². The highest BCUT2D eigenvalue weighted by atomic mass is 35.5. The minimum atomic E-state index is -0.168. The fourth-order valence-electron chi connectivity index (χ4n) is 3.19. The molecule has 0 bridgehead atoms.